The Hall–Kier alpha value is -2.43. The van der Waals surface area contributed by atoms with Crippen LogP contribution in [0.4, 0.5) is 0 Å². The molecule has 2 aliphatic rings. The second kappa shape index (κ2) is 4.28. The van der Waals surface area contributed by atoms with Gasteiger partial charge in [0.05, 0.1) is 11.0 Å². The third kappa shape index (κ3) is 1.88. The van der Waals surface area contributed by atoms with Gasteiger partial charge in [0.15, 0.2) is 0 Å². The molecule has 0 aliphatic heterocycles. The summed E-state index contributed by atoms with van der Waals surface area (Å²) in [4.78, 5) is 42.2. The molecule has 1 fully saturated rings. The van der Waals surface area contributed by atoms with Crippen LogP contribution in [0.25, 0.3) is 0 Å². The summed E-state index contributed by atoms with van der Waals surface area (Å²) in [5, 5.41) is 43.7. The Labute approximate surface area is 116 Å². The van der Waals surface area contributed by atoms with E-state index in [1.807, 2.05) is 0 Å². The van der Waals surface area contributed by atoms with Gasteiger partial charge in [-0.25, -0.2) is 0 Å². The molecule has 2 rings (SSSR count). The van der Waals surface area contributed by atoms with Crippen LogP contribution in [0.1, 0.15) is 19.8 Å². The van der Waals surface area contributed by atoms with Crippen LogP contribution in [-0.4, -0.2) is 42.8 Å². The lowest BCUT2D eigenvalue weighted by Crippen LogP contribution is -2.69. The van der Waals surface area contributed by atoms with E-state index in [9.17, 15) is 40.2 Å². The second-order valence-electron chi connectivity index (χ2n) is 5.37. The highest BCUT2D eigenvalue weighted by Crippen LogP contribution is 2.50. The van der Waals surface area contributed by atoms with Crippen LogP contribution in [0.15, 0.2) is 11.8 Å². The van der Waals surface area contributed by atoms with Gasteiger partial charge in [0, 0.05) is 15.8 Å². The Bertz CT molecular complexity index is 593. The molecule has 11 nitrogen and oxygen atoms in total. The van der Waals surface area contributed by atoms with Crippen LogP contribution in [0.2, 0.25) is 0 Å². The Morgan fingerprint density at radius 3 is 2.10 bits per heavy atom. The van der Waals surface area contributed by atoms with E-state index in [-0.39, 0.29) is 12.8 Å². The van der Waals surface area contributed by atoms with E-state index in [0.29, 0.717) is 13.0 Å². The molecule has 3 atom stereocenters. The van der Waals surface area contributed by atoms with Crippen LogP contribution in [0.5, 0.6) is 0 Å². The molecule has 21 heavy (non-hydrogen) atoms. The molecule has 114 valence electrons. The van der Waals surface area contributed by atoms with Crippen molar-refractivity contribution in [2.75, 3.05) is 0 Å². The van der Waals surface area contributed by atoms with Gasteiger partial charge in [-0.05, 0) is 19.8 Å². The minimum Gasteiger partial charge on any atom is -0.375 e. The van der Waals surface area contributed by atoms with Crippen molar-refractivity contribution in [2.45, 2.75) is 36.9 Å². The SMILES string of the molecule is CC1(O)C(=O)C([N+](=O)[O-])=CC(C2CC2)([N+](=O)[O-])C1[N+](=O)[O-]. The van der Waals surface area contributed by atoms with Gasteiger partial charge in [0.25, 0.3) is 5.78 Å². The fourth-order valence-corrected chi connectivity index (χ4v) is 2.90. The standard InChI is InChI=1S/C10H11N3O8/c1-9(15)7(14)6(11(16)17)4-10(13(20)21,5-2-3-5)8(9)12(18)19/h4-5,8,15H,2-3H2,1H3. The van der Waals surface area contributed by atoms with Crippen molar-refractivity contribution >= 4 is 5.78 Å². The van der Waals surface area contributed by atoms with Crippen LogP contribution < -0.4 is 0 Å². The van der Waals surface area contributed by atoms with E-state index in [2.05, 4.69) is 0 Å². The topological polar surface area (TPSA) is 167 Å². The number of carbonyl (C=O) groups excluding carboxylic acids is 1. The molecule has 0 aromatic carbocycles. The fraction of sp³-hybridized carbons (Fsp3) is 0.700. The lowest BCUT2D eigenvalue weighted by Gasteiger charge is -2.35. The van der Waals surface area contributed by atoms with Crippen molar-refractivity contribution in [3.63, 3.8) is 0 Å². The van der Waals surface area contributed by atoms with Gasteiger partial charge in [0.2, 0.25) is 5.60 Å². The van der Waals surface area contributed by atoms with E-state index in [1.165, 1.54) is 0 Å². The number of rotatable bonds is 4. The zero-order chi connectivity index (χ0) is 16.2. The molecule has 1 saturated carbocycles. The van der Waals surface area contributed by atoms with E-state index in [0.717, 1.165) is 0 Å². The summed E-state index contributed by atoms with van der Waals surface area (Å²) in [6, 6.07) is -2.27. The number of Topliss-reactive ketones (excluding diaryl/α,β-unsaturated/α-hetero) is 1. The Morgan fingerprint density at radius 1 is 1.24 bits per heavy atom. The molecular formula is C10H11N3O8. The quantitative estimate of drug-likeness (QED) is 0.538. The Balaban J connectivity index is 2.79. The number of hydrogen-bond acceptors (Lipinski definition) is 8. The highest BCUT2D eigenvalue weighted by molar-refractivity contribution is 6.01. The van der Waals surface area contributed by atoms with Crippen molar-refractivity contribution in [2.24, 2.45) is 5.92 Å². The van der Waals surface area contributed by atoms with Crippen molar-refractivity contribution in [3.05, 3.63) is 42.1 Å². The summed E-state index contributed by atoms with van der Waals surface area (Å²) >= 11 is 0. The molecule has 0 spiro atoms. The maximum absolute atomic E-state index is 11.9. The summed E-state index contributed by atoms with van der Waals surface area (Å²) in [6.45, 7) is 0.708. The van der Waals surface area contributed by atoms with E-state index in [1.54, 1.807) is 0 Å². The lowest BCUT2D eigenvalue weighted by atomic mass is 9.69. The van der Waals surface area contributed by atoms with Crippen LogP contribution >= 0.6 is 0 Å². The lowest BCUT2D eigenvalue weighted by molar-refractivity contribution is -0.658. The van der Waals surface area contributed by atoms with Gasteiger partial charge in [-0.1, -0.05) is 0 Å². The number of ketones is 1. The number of nitro groups is 3. The van der Waals surface area contributed by atoms with E-state index >= 15 is 0 Å². The third-order valence-electron chi connectivity index (χ3n) is 3.99. The van der Waals surface area contributed by atoms with Gasteiger partial charge < -0.3 is 5.11 Å². The average Bonchev–Trinajstić information content (AvgIpc) is 3.14. The molecule has 0 saturated heterocycles. The van der Waals surface area contributed by atoms with Gasteiger partial charge in [-0.2, -0.15) is 0 Å². The van der Waals surface area contributed by atoms with Gasteiger partial charge in [-0.15, -0.1) is 0 Å². The molecule has 0 bridgehead atoms. The summed E-state index contributed by atoms with van der Waals surface area (Å²) in [6.07, 6.45) is 0.965. The maximum Gasteiger partial charge on any atom is 0.321 e. The van der Waals surface area contributed by atoms with Crippen molar-refractivity contribution < 1.29 is 24.7 Å². The zero-order valence-corrected chi connectivity index (χ0v) is 10.8. The highest BCUT2D eigenvalue weighted by Gasteiger charge is 2.77. The maximum atomic E-state index is 11.9. The van der Waals surface area contributed by atoms with Crippen molar-refractivity contribution in [1.29, 1.82) is 0 Å². The third-order valence-corrected chi connectivity index (χ3v) is 3.99. The van der Waals surface area contributed by atoms with Crippen LogP contribution in [-0.2, 0) is 4.79 Å². The molecule has 0 aromatic heterocycles. The van der Waals surface area contributed by atoms with Gasteiger partial charge in [-0.3, -0.25) is 35.1 Å². The van der Waals surface area contributed by atoms with E-state index in [4.69, 9.17) is 0 Å². The Morgan fingerprint density at radius 2 is 1.76 bits per heavy atom. The predicted octanol–water partition coefficient (Wildman–Crippen LogP) is -0.449. The molecule has 0 heterocycles. The number of nitrogens with zero attached hydrogens (tertiary/aromatic N) is 3. The first-order valence-electron chi connectivity index (χ1n) is 5.99. The molecule has 2 aliphatic carbocycles. The summed E-state index contributed by atoms with van der Waals surface area (Å²) < 4.78 is 0. The molecule has 0 amide bonds. The predicted molar refractivity (Wildman–Crippen MR) is 63.9 cm³/mol. The summed E-state index contributed by atoms with van der Waals surface area (Å²) in [7, 11) is 0. The van der Waals surface area contributed by atoms with E-state index < -0.39 is 49.3 Å². The van der Waals surface area contributed by atoms with Crippen molar-refractivity contribution in [3.8, 4) is 0 Å². The minimum absolute atomic E-state index is 0.261. The Kier molecular flexibility index (Phi) is 3.05. The smallest absolute Gasteiger partial charge is 0.321 e. The molecule has 0 aromatic rings. The minimum atomic E-state index is -2.82. The van der Waals surface area contributed by atoms with Crippen molar-refractivity contribution in [1.82, 2.24) is 0 Å². The molecule has 11 heteroatoms. The molecule has 3 unspecified atom stereocenters. The number of aliphatic hydroxyl groups is 1. The molecule has 0 radical (unpaired) electrons. The fourth-order valence-electron chi connectivity index (χ4n) is 2.90. The zero-order valence-electron chi connectivity index (χ0n) is 10.8. The first-order valence-corrected chi connectivity index (χ1v) is 5.99. The number of hydrogen-bond donors (Lipinski definition) is 1. The van der Waals surface area contributed by atoms with Gasteiger partial charge in [0.1, 0.15) is 0 Å². The normalized spacial score (nSPS) is 36.0. The molecular weight excluding hydrogens is 290 g/mol. The summed E-state index contributed by atoms with van der Waals surface area (Å²) in [5.41, 5.74) is -6.46. The monoisotopic (exact) mass is 301 g/mol. The highest BCUT2D eigenvalue weighted by atomic mass is 16.7. The first kappa shape index (κ1) is 15.0. The van der Waals surface area contributed by atoms with Crippen LogP contribution in [0, 0.1) is 36.3 Å². The van der Waals surface area contributed by atoms with Crippen LogP contribution in [0.3, 0.4) is 0 Å². The number of carbonyl (C=O) groups is 1. The summed E-state index contributed by atoms with van der Waals surface area (Å²) in [5.74, 6) is -2.32. The molecule has 1 N–H and O–H groups in total. The largest absolute Gasteiger partial charge is 0.375 e. The first-order chi connectivity index (χ1) is 9.56. The second-order valence-corrected chi connectivity index (χ2v) is 5.37. The van der Waals surface area contributed by atoms with Gasteiger partial charge >= 0.3 is 17.3 Å². The average molecular weight is 301 g/mol.